The van der Waals surface area contributed by atoms with Crippen LogP contribution in [0.3, 0.4) is 0 Å². The van der Waals surface area contributed by atoms with Crippen molar-refractivity contribution in [3.05, 3.63) is 47.3 Å². The maximum atomic E-state index is 13.9. The van der Waals surface area contributed by atoms with E-state index >= 15 is 0 Å². The first-order valence-electron chi connectivity index (χ1n) is 6.88. The number of carbonyl (C=O) groups excluding carboxylic acids is 1. The molecule has 0 fully saturated rings. The molecular formula is C15H19ClF2N4O. The summed E-state index contributed by atoms with van der Waals surface area (Å²) in [6.07, 6.45) is 1.57. The zero-order chi connectivity index (χ0) is 16.3. The summed E-state index contributed by atoms with van der Waals surface area (Å²) in [4.78, 5) is 11.6. The third-order valence-electron chi connectivity index (χ3n) is 3.37. The molecule has 8 heteroatoms. The summed E-state index contributed by atoms with van der Waals surface area (Å²) in [5.41, 5.74) is 1.62. The molecule has 0 radical (unpaired) electrons. The third-order valence-corrected chi connectivity index (χ3v) is 3.37. The number of halogens is 3. The molecule has 1 unspecified atom stereocenters. The van der Waals surface area contributed by atoms with Gasteiger partial charge in [0.1, 0.15) is 11.5 Å². The molecule has 0 aliphatic carbocycles. The van der Waals surface area contributed by atoms with Crippen LogP contribution >= 0.6 is 12.4 Å². The lowest BCUT2D eigenvalue weighted by Crippen LogP contribution is -2.34. The fourth-order valence-electron chi connectivity index (χ4n) is 2.27. The van der Waals surface area contributed by atoms with Gasteiger partial charge in [0.25, 0.3) is 0 Å². The molecule has 0 spiro atoms. The van der Waals surface area contributed by atoms with Crippen molar-refractivity contribution in [2.75, 3.05) is 13.6 Å². The summed E-state index contributed by atoms with van der Waals surface area (Å²) in [7, 11) is 1.69. The van der Waals surface area contributed by atoms with Crippen LogP contribution in [0.15, 0.2) is 24.4 Å². The standard InChI is InChI=1S/C15H18F2N4O.ClH/c1-9(20-15(22)8-18-3)12-7-19-21(10(12)2)14-5-4-11(16)6-13(14)17;/h4-7,9,18H,8H2,1-3H3,(H,20,22);1H. The van der Waals surface area contributed by atoms with E-state index in [9.17, 15) is 13.6 Å². The second-order valence-corrected chi connectivity index (χ2v) is 5.01. The van der Waals surface area contributed by atoms with E-state index in [1.54, 1.807) is 20.2 Å². The van der Waals surface area contributed by atoms with E-state index in [1.807, 2.05) is 6.92 Å². The Morgan fingerprint density at radius 2 is 2.09 bits per heavy atom. The lowest BCUT2D eigenvalue weighted by atomic mass is 10.1. The van der Waals surface area contributed by atoms with Gasteiger partial charge < -0.3 is 10.6 Å². The average molecular weight is 345 g/mol. The first kappa shape index (κ1) is 19.1. The zero-order valence-electron chi connectivity index (χ0n) is 13.1. The third kappa shape index (κ3) is 4.27. The smallest absolute Gasteiger partial charge is 0.234 e. The Morgan fingerprint density at radius 1 is 1.39 bits per heavy atom. The number of rotatable bonds is 5. The zero-order valence-corrected chi connectivity index (χ0v) is 13.9. The van der Waals surface area contributed by atoms with E-state index in [0.717, 1.165) is 11.6 Å². The molecule has 0 bridgehead atoms. The molecule has 0 aliphatic heterocycles. The Labute approximate surface area is 139 Å². The Balaban J connectivity index is 0.00000264. The minimum absolute atomic E-state index is 0. The van der Waals surface area contributed by atoms with Crippen molar-refractivity contribution in [2.45, 2.75) is 19.9 Å². The highest BCUT2D eigenvalue weighted by molar-refractivity contribution is 5.85. The molecule has 0 saturated carbocycles. The number of amides is 1. The number of nitrogens with one attached hydrogen (secondary N) is 2. The van der Waals surface area contributed by atoms with Gasteiger partial charge in [-0.1, -0.05) is 0 Å². The van der Waals surface area contributed by atoms with E-state index in [4.69, 9.17) is 0 Å². The number of nitrogens with zero attached hydrogens (tertiary/aromatic N) is 2. The SMILES string of the molecule is CNCC(=O)NC(C)c1cnn(-c2ccc(F)cc2F)c1C.Cl. The van der Waals surface area contributed by atoms with Gasteiger partial charge in [-0.15, -0.1) is 12.4 Å². The molecule has 1 atom stereocenters. The first-order valence-corrected chi connectivity index (χ1v) is 6.88. The van der Waals surface area contributed by atoms with Crippen LogP contribution in [0.25, 0.3) is 5.69 Å². The molecule has 1 aromatic heterocycles. The van der Waals surface area contributed by atoms with Gasteiger partial charge in [0.05, 0.1) is 18.8 Å². The lowest BCUT2D eigenvalue weighted by molar-refractivity contribution is -0.120. The molecule has 1 aromatic carbocycles. The lowest BCUT2D eigenvalue weighted by Gasteiger charge is -2.14. The summed E-state index contributed by atoms with van der Waals surface area (Å²) < 4.78 is 28.2. The molecule has 23 heavy (non-hydrogen) atoms. The van der Waals surface area contributed by atoms with Crippen molar-refractivity contribution < 1.29 is 13.6 Å². The van der Waals surface area contributed by atoms with Gasteiger partial charge in [-0.05, 0) is 33.0 Å². The highest BCUT2D eigenvalue weighted by atomic mass is 35.5. The van der Waals surface area contributed by atoms with Crippen molar-refractivity contribution in [2.24, 2.45) is 0 Å². The molecule has 1 heterocycles. The molecule has 0 saturated heterocycles. The highest BCUT2D eigenvalue weighted by Crippen LogP contribution is 2.22. The van der Waals surface area contributed by atoms with E-state index in [-0.39, 0.29) is 36.6 Å². The van der Waals surface area contributed by atoms with Crippen LogP contribution in [0.4, 0.5) is 8.78 Å². The van der Waals surface area contributed by atoms with Crippen molar-refractivity contribution in [3.8, 4) is 5.69 Å². The summed E-state index contributed by atoms with van der Waals surface area (Å²) in [5.74, 6) is -1.47. The van der Waals surface area contributed by atoms with Crippen LogP contribution in [0.5, 0.6) is 0 Å². The average Bonchev–Trinajstić information content (AvgIpc) is 2.81. The molecule has 2 N–H and O–H groups in total. The van der Waals surface area contributed by atoms with Crippen LogP contribution in [-0.2, 0) is 4.79 Å². The van der Waals surface area contributed by atoms with Crippen molar-refractivity contribution in [1.29, 1.82) is 0 Å². The monoisotopic (exact) mass is 344 g/mol. The minimum atomic E-state index is -0.690. The summed E-state index contributed by atoms with van der Waals surface area (Å²) in [6, 6.07) is 3.06. The van der Waals surface area contributed by atoms with E-state index in [0.29, 0.717) is 5.69 Å². The van der Waals surface area contributed by atoms with Gasteiger partial charge in [-0.3, -0.25) is 4.79 Å². The topological polar surface area (TPSA) is 59.0 Å². The Bertz CT molecular complexity index is 690. The molecule has 1 amide bonds. The predicted molar refractivity (Wildman–Crippen MR) is 85.9 cm³/mol. The molecule has 2 aromatic rings. The second kappa shape index (κ2) is 8.03. The molecule has 126 valence electrons. The van der Waals surface area contributed by atoms with Gasteiger partial charge in [-0.2, -0.15) is 5.10 Å². The number of carbonyl (C=O) groups is 1. The number of hydrogen-bond acceptors (Lipinski definition) is 3. The maximum absolute atomic E-state index is 13.9. The van der Waals surface area contributed by atoms with Crippen LogP contribution in [0, 0.1) is 18.6 Å². The summed E-state index contributed by atoms with van der Waals surface area (Å²) in [6.45, 7) is 3.80. The van der Waals surface area contributed by atoms with Crippen molar-refractivity contribution in [1.82, 2.24) is 20.4 Å². The minimum Gasteiger partial charge on any atom is -0.348 e. The Hall–Kier alpha value is -1.99. The molecule has 5 nitrogen and oxygen atoms in total. The van der Waals surface area contributed by atoms with E-state index < -0.39 is 11.6 Å². The maximum Gasteiger partial charge on any atom is 0.234 e. The predicted octanol–water partition coefficient (Wildman–Crippen LogP) is 2.28. The van der Waals surface area contributed by atoms with Gasteiger partial charge in [-0.25, -0.2) is 13.5 Å². The van der Waals surface area contributed by atoms with Crippen LogP contribution in [-0.4, -0.2) is 29.3 Å². The van der Waals surface area contributed by atoms with Gasteiger partial charge >= 0.3 is 0 Å². The molecule has 0 aliphatic rings. The fourth-order valence-corrected chi connectivity index (χ4v) is 2.27. The molecular weight excluding hydrogens is 326 g/mol. The Kier molecular flexibility index (Phi) is 6.65. The van der Waals surface area contributed by atoms with Gasteiger partial charge in [0.15, 0.2) is 5.82 Å². The summed E-state index contributed by atoms with van der Waals surface area (Å²) >= 11 is 0. The van der Waals surface area contributed by atoms with Gasteiger partial charge in [0, 0.05) is 17.3 Å². The van der Waals surface area contributed by atoms with E-state index in [2.05, 4.69) is 15.7 Å². The van der Waals surface area contributed by atoms with Crippen molar-refractivity contribution >= 4 is 18.3 Å². The fraction of sp³-hybridized carbons (Fsp3) is 0.333. The number of hydrogen-bond donors (Lipinski definition) is 2. The van der Waals surface area contributed by atoms with Crippen LogP contribution in [0.1, 0.15) is 24.2 Å². The first-order chi connectivity index (χ1) is 10.4. The highest BCUT2D eigenvalue weighted by Gasteiger charge is 2.17. The second-order valence-electron chi connectivity index (χ2n) is 5.01. The Morgan fingerprint density at radius 3 is 2.70 bits per heavy atom. The normalized spacial score (nSPS) is 11.7. The van der Waals surface area contributed by atoms with Crippen LogP contribution in [0.2, 0.25) is 0 Å². The largest absolute Gasteiger partial charge is 0.348 e. The molecule has 2 rings (SSSR count). The van der Waals surface area contributed by atoms with Crippen molar-refractivity contribution in [3.63, 3.8) is 0 Å². The van der Waals surface area contributed by atoms with Gasteiger partial charge in [0.2, 0.25) is 5.91 Å². The van der Waals surface area contributed by atoms with Crippen LogP contribution < -0.4 is 10.6 Å². The number of aromatic nitrogens is 2. The van der Waals surface area contributed by atoms with E-state index in [1.165, 1.54) is 16.8 Å². The number of likely N-dealkylation sites (N-methyl/N-ethyl adjacent to an activating group) is 1. The quantitative estimate of drug-likeness (QED) is 0.875. The summed E-state index contributed by atoms with van der Waals surface area (Å²) in [5, 5.41) is 9.72. The number of benzene rings is 1.